The van der Waals surface area contributed by atoms with Crippen LogP contribution in [0.3, 0.4) is 0 Å². The summed E-state index contributed by atoms with van der Waals surface area (Å²) in [6.07, 6.45) is 0. The molecule has 6 aromatic rings. The number of fused-ring (bicyclic) bond motifs is 3. The molecular formula is C31H27FN6O. The van der Waals surface area contributed by atoms with Gasteiger partial charge in [0.15, 0.2) is 5.69 Å². The van der Waals surface area contributed by atoms with Crippen LogP contribution < -0.4 is 5.32 Å². The lowest BCUT2D eigenvalue weighted by Crippen LogP contribution is -2.28. The summed E-state index contributed by atoms with van der Waals surface area (Å²) in [5, 5.41) is 13.8. The van der Waals surface area contributed by atoms with Crippen molar-refractivity contribution in [2.45, 2.75) is 27.3 Å². The first kappa shape index (κ1) is 24.5. The summed E-state index contributed by atoms with van der Waals surface area (Å²) in [6.45, 7) is 7.01. The molecule has 0 aliphatic carbocycles. The highest BCUT2D eigenvalue weighted by molar-refractivity contribution is 6.08. The van der Waals surface area contributed by atoms with E-state index in [1.807, 2.05) is 50.2 Å². The minimum Gasteiger partial charge on any atom is -0.349 e. The maximum absolute atomic E-state index is 13.6. The first-order valence-electron chi connectivity index (χ1n) is 12.8. The van der Waals surface area contributed by atoms with Gasteiger partial charge in [0.2, 0.25) is 0 Å². The van der Waals surface area contributed by atoms with Gasteiger partial charge in [-0.05, 0) is 62.7 Å². The van der Waals surface area contributed by atoms with Gasteiger partial charge in [-0.25, -0.2) is 14.1 Å². The van der Waals surface area contributed by atoms with E-state index in [4.69, 9.17) is 4.98 Å². The minimum atomic E-state index is -0.348. The summed E-state index contributed by atoms with van der Waals surface area (Å²) < 4.78 is 17.3. The van der Waals surface area contributed by atoms with E-state index in [-0.39, 0.29) is 17.4 Å². The molecule has 7 nitrogen and oxygen atoms in total. The van der Waals surface area contributed by atoms with Crippen LogP contribution in [0.15, 0.2) is 78.9 Å². The van der Waals surface area contributed by atoms with Gasteiger partial charge in [0.1, 0.15) is 17.2 Å². The minimum absolute atomic E-state index is 0.204. The Morgan fingerprint density at radius 1 is 0.949 bits per heavy atom. The van der Waals surface area contributed by atoms with Gasteiger partial charge in [0, 0.05) is 35.1 Å². The second-order valence-corrected chi connectivity index (χ2v) is 9.74. The molecule has 8 heteroatoms. The number of nitrogens with one attached hydrogen (secondary N) is 1. The van der Waals surface area contributed by atoms with E-state index in [1.54, 1.807) is 16.8 Å². The number of amides is 1. The van der Waals surface area contributed by atoms with Gasteiger partial charge in [-0.15, -0.1) is 5.10 Å². The average molecular weight is 519 g/mol. The van der Waals surface area contributed by atoms with E-state index in [9.17, 15) is 9.18 Å². The fourth-order valence-corrected chi connectivity index (χ4v) is 5.14. The first-order chi connectivity index (χ1) is 18.9. The third-order valence-corrected chi connectivity index (χ3v) is 6.95. The third-order valence-electron chi connectivity index (χ3n) is 6.95. The number of aryl methyl sites for hydroxylation is 3. The van der Waals surface area contributed by atoms with E-state index in [1.165, 1.54) is 17.7 Å². The number of pyridine rings is 1. The molecule has 1 N–H and O–H groups in total. The Hall–Kier alpha value is -4.85. The van der Waals surface area contributed by atoms with Crippen molar-refractivity contribution in [3.63, 3.8) is 0 Å². The van der Waals surface area contributed by atoms with Crippen LogP contribution in [0.2, 0.25) is 0 Å². The Morgan fingerprint density at radius 2 is 1.69 bits per heavy atom. The first-order valence-corrected chi connectivity index (χ1v) is 12.8. The van der Waals surface area contributed by atoms with Crippen LogP contribution in [0.5, 0.6) is 0 Å². The summed E-state index contributed by atoms with van der Waals surface area (Å²) in [5.74, 6) is -0.682. The Balaban J connectivity index is 1.32. The molecule has 3 aromatic heterocycles. The molecular weight excluding hydrogens is 491 g/mol. The van der Waals surface area contributed by atoms with Crippen LogP contribution in [-0.4, -0.2) is 37.0 Å². The summed E-state index contributed by atoms with van der Waals surface area (Å²) in [7, 11) is 0. The molecule has 6 rings (SSSR count). The van der Waals surface area contributed by atoms with E-state index >= 15 is 0 Å². The summed E-state index contributed by atoms with van der Waals surface area (Å²) >= 11 is 0. The number of benzene rings is 3. The molecule has 194 valence electrons. The van der Waals surface area contributed by atoms with Crippen molar-refractivity contribution >= 4 is 27.8 Å². The quantitative estimate of drug-likeness (QED) is 0.296. The molecule has 1 amide bonds. The number of nitrogens with zero attached hydrogens (tertiary/aromatic N) is 5. The van der Waals surface area contributed by atoms with E-state index in [0.29, 0.717) is 24.5 Å². The van der Waals surface area contributed by atoms with Crippen LogP contribution in [0.4, 0.5) is 4.39 Å². The summed E-state index contributed by atoms with van der Waals surface area (Å²) in [4.78, 5) is 18.3. The maximum Gasteiger partial charge on any atom is 0.274 e. The molecule has 0 radical (unpaired) electrons. The number of rotatable bonds is 6. The van der Waals surface area contributed by atoms with E-state index in [2.05, 4.69) is 45.3 Å². The summed E-state index contributed by atoms with van der Waals surface area (Å²) in [6, 6.07) is 24.1. The van der Waals surface area contributed by atoms with Crippen molar-refractivity contribution in [2.24, 2.45) is 0 Å². The standard InChI is InChI=1S/C31H27FN6O/c1-19-8-10-22(11-9-19)29-28(35-36-38(29)24-14-12-23(32)13-15-24)31(39)33-16-17-37-26-7-5-4-6-25(26)27-20(2)18-21(3)34-30(27)37/h4-15,18H,16-17H2,1-3H3,(H,33,39). The molecule has 0 fully saturated rings. The van der Waals surface area contributed by atoms with Crippen LogP contribution in [0.1, 0.15) is 27.3 Å². The largest absolute Gasteiger partial charge is 0.349 e. The van der Waals surface area contributed by atoms with Gasteiger partial charge in [0.25, 0.3) is 5.91 Å². The fourth-order valence-electron chi connectivity index (χ4n) is 5.14. The predicted octanol–water partition coefficient (Wildman–Crippen LogP) is 5.93. The number of hydrogen-bond acceptors (Lipinski definition) is 4. The topological polar surface area (TPSA) is 77.6 Å². The predicted molar refractivity (Wildman–Crippen MR) is 151 cm³/mol. The Kier molecular flexibility index (Phi) is 6.15. The van der Waals surface area contributed by atoms with Crippen molar-refractivity contribution < 1.29 is 9.18 Å². The van der Waals surface area contributed by atoms with Gasteiger partial charge in [-0.1, -0.05) is 53.2 Å². The monoisotopic (exact) mass is 518 g/mol. The average Bonchev–Trinajstić information content (AvgIpc) is 3.50. The molecule has 0 aliphatic rings. The molecule has 39 heavy (non-hydrogen) atoms. The number of para-hydroxylation sites is 1. The van der Waals surface area contributed by atoms with Crippen LogP contribution >= 0.6 is 0 Å². The third kappa shape index (κ3) is 4.44. The van der Waals surface area contributed by atoms with Crippen molar-refractivity contribution in [1.82, 2.24) is 29.9 Å². The normalized spacial score (nSPS) is 11.4. The molecule has 0 unspecified atom stereocenters. The zero-order valence-electron chi connectivity index (χ0n) is 21.9. The molecule has 0 saturated carbocycles. The zero-order chi connectivity index (χ0) is 27.1. The second kappa shape index (κ2) is 9.79. The maximum atomic E-state index is 13.6. The number of hydrogen-bond donors (Lipinski definition) is 1. The smallest absolute Gasteiger partial charge is 0.274 e. The highest BCUT2D eigenvalue weighted by Gasteiger charge is 2.22. The summed E-state index contributed by atoms with van der Waals surface area (Å²) in [5.41, 5.74) is 7.36. The number of aromatic nitrogens is 5. The number of halogens is 1. The van der Waals surface area contributed by atoms with Gasteiger partial charge in [-0.2, -0.15) is 0 Å². The molecule has 0 atom stereocenters. The molecule has 3 aromatic carbocycles. The van der Waals surface area contributed by atoms with Crippen molar-refractivity contribution in [3.8, 4) is 16.9 Å². The van der Waals surface area contributed by atoms with E-state index in [0.717, 1.165) is 38.8 Å². The van der Waals surface area contributed by atoms with Gasteiger partial charge >= 0.3 is 0 Å². The molecule has 0 saturated heterocycles. The van der Waals surface area contributed by atoms with Crippen LogP contribution in [0.25, 0.3) is 38.9 Å². The van der Waals surface area contributed by atoms with Crippen molar-refractivity contribution in [1.29, 1.82) is 0 Å². The Labute approximate surface area is 224 Å². The van der Waals surface area contributed by atoms with E-state index < -0.39 is 0 Å². The fraction of sp³-hybridized carbons (Fsp3) is 0.161. The molecule has 0 spiro atoms. The highest BCUT2D eigenvalue weighted by atomic mass is 19.1. The lowest BCUT2D eigenvalue weighted by Gasteiger charge is -2.11. The zero-order valence-corrected chi connectivity index (χ0v) is 21.9. The molecule has 3 heterocycles. The Morgan fingerprint density at radius 3 is 2.46 bits per heavy atom. The molecule has 0 bridgehead atoms. The van der Waals surface area contributed by atoms with Crippen molar-refractivity contribution in [2.75, 3.05) is 6.54 Å². The van der Waals surface area contributed by atoms with Gasteiger partial charge in [0.05, 0.1) is 11.2 Å². The van der Waals surface area contributed by atoms with Gasteiger partial charge in [-0.3, -0.25) is 4.79 Å². The lowest BCUT2D eigenvalue weighted by molar-refractivity contribution is 0.0948. The van der Waals surface area contributed by atoms with Crippen molar-refractivity contribution in [3.05, 3.63) is 107 Å². The Bertz CT molecular complexity index is 1830. The highest BCUT2D eigenvalue weighted by Crippen LogP contribution is 2.31. The number of carbonyl (C=O) groups excluding carboxylic acids is 1. The molecule has 0 aliphatic heterocycles. The second-order valence-electron chi connectivity index (χ2n) is 9.74. The SMILES string of the molecule is Cc1ccc(-c2c(C(=O)NCCn3c4ccccc4c4c(C)cc(C)nc43)nnn2-c2ccc(F)cc2)cc1. The van der Waals surface area contributed by atoms with Gasteiger partial charge < -0.3 is 9.88 Å². The van der Waals surface area contributed by atoms with Crippen LogP contribution in [-0.2, 0) is 6.54 Å². The number of carbonyl (C=O) groups is 1. The van der Waals surface area contributed by atoms with Crippen LogP contribution in [0, 0.1) is 26.6 Å². The lowest BCUT2D eigenvalue weighted by atomic mass is 10.1.